The Kier molecular flexibility index (Phi) is 5.53. The van der Waals surface area contributed by atoms with E-state index in [0.29, 0.717) is 0 Å². The molecule has 1 aromatic heterocycles. The van der Waals surface area contributed by atoms with Gasteiger partial charge >= 0.3 is 0 Å². The molecule has 29 heavy (non-hydrogen) atoms. The first-order valence-corrected chi connectivity index (χ1v) is 10.6. The van der Waals surface area contributed by atoms with Gasteiger partial charge in [0, 0.05) is 11.4 Å². The molecule has 1 aliphatic heterocycles. The molecule has 2 N–H and O–H groups in total. The van der Waals surface area contributed by atoms with Crippen molar-refractivity contribution < 1.29 is 9.53 Å². The summed E-state index contributed by atoms with van der Waals surface area (Å²) in [6.45, 7) is 4.15. The summed E-state index contributed by atoms with van der Waals surface area (Å²) >= 11 is 1.59. The number of nitrogens with one attached hydrogen (secondary N) is 2. The molecule has 5 nitrogen and oxygen atoms in total. The number of rotatable bonds is 5. The van der Waals surface area contributed by atoms with Gasteiger partial charge in [0.1, 0.15) is 11.0 Å². The second-order valence-corrected chi connectivity index (χ2v) is 8.23. The number of carbonyl (C=O) groups excluding carboxylic acids is 1. The summed E-state index contributed by atoms with van der Waals surface area (Å²) < 4.78 is 7.35. The number of para-hydroxylation sites is 1. The van der Waals surface area contributed by atoms with Crippen LogP contribution in [0.5, 0.6) is 5.75 Å². The van der Waals surface area contributed by atoms with Gasteiger partial charge in [-0.1, -0.05) is 49.0 Å². The first-order chi connectivity index (χ1) is 14.1. The predicted octanol–water partition coefficient (Wildman–Crippen LogP) is 4.77. The van der Waals surface area contributed by atoms with Gasteiger partial charge in [-0.05, 0) is 54.8 Å². The Morgan fingerprint density at radius 3 is 2.62 bits per heavy atom. The smallest absolute Gasteiger partial charge is 0.240 e. The summed E-state index contributed by atoms with van der Waals surface area (Å²) in [5, 5.41) is 3.89. The molecule has 0 radical (unpaired) electrons. The number of benzene rings is 2. The minimum absolute atomic E-state index is 0.00526. The maximum Gasteiger partial charge on any atom is 0.240 e. The fourth-order valence-electron chi connectivity index (χ4n) is 3.60. The summed E-state index contributed by atoms with van der Waals surface area (Å²) in [6.07, 6.45) is 0.871. The molecule has 2 atom stereocenters. The molecule has 4 rings (SSSR count). The van der Waals surface area contributed by atoms with Crippen LogP contribution >= 0.6 is 11.8 Å². The van der Waals surface area contributed by atoms with Crippen molar-refractivity contribution in [1.29, 1.82) is 0 Å². The van der Waals surface area contributed by atoms with Crippen LogP contribution in [0.4, 0.5) is 5.69 Å². The van der Waals surface area contributed by atoms with Crippen LogP contribution < -0.4 is 15.5 Å². The van der Waals surface area contributed by atoms with Gasteiger partial charge in [-0.15, -0.1) is 0 Å². The molecule has 6 heteroatoms. The standard InChI is InChI=1S/C23H25N3O2S/c1-4-16-7-5-6-8-19(16)24-23(27)22-21(17-10-12-18(28-3)13-11-17)25-26-15(2)9-14-20(26)29-22/h5-14,21-22,25H,4H2,1-3H3,(H,24,27)/t21-,22+/m1/s1. The van der Waals surface area contributed by atoms with E-state index < -0.39 is 0 Å². The van der Waals surface area contributed by atoms with Crippen molar-refractivity contribution in [2.75, 3.05) is 17.9 Å². The molecule has 0 aliphatic carbocycles. The van der Waals surface area contributed by atoms with Crippen LogP contribution in [0, 0.1) is 6.92 Å². The lowest BCUT2D eigenvalue weighted by Crippen LogP contribution is -2.41. The van der Waals surface area contributed by atoms with Crippen molar-refractivity contribution in [3.63, 3.8) is 0 Å². The Labute approximate surface area is 175 Å². The average Bonchev–Trinajstić information content (AvgIpc) is 3.13. The van der Waals surface area contributed by atoms with Crippen LogP contribution in [0.2, 0.25) is 0 Å². The number of amides is 1. The average molecular weight is 408 g/mol. The topological polar surface area (TPSA) is 55.3 Å². The maximum atomic E-state index is 13.4. The molecule has 2 heterocycles. The number of ether oxygens (including phenoxy) is 1. The van der Waals surface area contributed by atoms with E-state index in [1.165, 1.54) is 0 Å². The van der Waals surface area contributed by atoms with Crippen LogP contribution in [0.15, 0.2) is 65.7 Å². The number of fused-ring (bicyclic) bond motifs is 1. The molecule has 0 bridgehead atoms. The van der Waals surface area contributed by atoms with Gasteiger partial charge in [0.15, 0.2) is 0 Å². The molecule has 0 unspecified atom stereocenters. The Hall–Kier alpha value is -2.86. The van der Waals surface area contributed by atoms with E-state index in [1.54, 1.807) is 18.9 Å². The molecule has 2 aromatic carbocycles. The third-order valence-corrected chi connectivity index (χ3v) is 6.55. The van der Waals surface area contributed by atoms with Crippen molar-refractivity contribution in [3.05, 3.63) is 77.5 Å². The highest BCUT2D eigenvalue weighted by Gasteiger charge is 2.36. The monoisotopic (exact) mass is 407 g/mol. The highest BCUT2D eigenvalue weighted by molar-refractivity contribution is 8.00. The molecule has 0 spiro atoms. The summed E-state index contributed by atoms with van der Waals surface area (Å²) in [7, 11) is 1.65. The number of thioether (sulfide) groups is 1. The normalized spacial score (nSPS) is 17.9. The lowest BCUT2D eigenvalue weighted by Gasteiger charge is -2.34. The molecule has 1 amide bonds. The van der Waals surface area contributed by atoms with E-state index >= 15 is 0 Å². The lowest BCUT2D eigenvalue weighted by atomic mass is 10.0. The van der Waals surface area contributed by atoms with E-state index in [9.17, 15) is 4.79 Å². The van der Waals surface area contributed by atoms with Crippen LogP contribution in [-0.2, 0) is 11.2 Å². The first-order valence-electron chi connectivity index (χ1n) is 9.75. The van der Waals surface area contributed by atoms with E-state index in [4.69, 9.17) is 4.74 Å². The van der Waals surface area contributed by atoms with Gasteiger partial charge in [0.2, 0.25) is 5.91 Å². The molecule has 0 fully saturated rings. The zero-order valence-corrected chi connectivity index (χ0v) is 17.6. The second kappa shape index (κ2) is 8.25. The number of methoxy groups -OCH3 is 1. The van der Waals surface area contributed by atoms with Gasteiger partial charge in [-0.3, -0.25) is 9.47 Å². The van der Waals surface area contributed by atoms with Crippen molar-refractivity contribution in [2.24, 2.45) is 0 Å². The number of aromatic nitrogens is 1. The Morgan fingerprint density at radius 2 is 1.90 bits per heavy atom. The maximum absolute atomic E-state index is 13.4. The number of hydrogen-bond acceptors (Lipinski definition) is 4. The van der Waals surface area contributed by atoms with Gasteiger partial charge in [-0.25, -0.2) is 0 Å². The number of aryl methyl sites for hydroxylation is 2. The molecule has 150 valence electrons. The largest absolute Gasteiger partial charge is 0.497 e. The van der Waals surface area contributed by atoms with Gasteiger partial charge in [0.05, 0.1) is 18.2 Å². The number of anilines is 1. The Bertz CT molecular complexity index is 1010. The molecule has 1 aliphatic rings. The molecule has 0 saturated heterocycles. The number of nitrogens with zero attached hydrogens (tertiary/aromatic N) is 1. The van der Waals surface area contributed by atoms with E-state index in [0.717, 1.165) is 39.7 Å². The molecule has 0 saturated carbocycles. The zero-order chi connectivity index (χ0) is 20.4. The highest BCUT2D eigenvalue weighted by atomic mass is 32.2. The van der Waals surface area contributed by atoms with Gasteiger partial charge in [-0.2, -0.15) is 0 Å². The van der Waals surface area contributed by atoms with Crippen LogP contribution in [-0.4, -0.2) is 22.9 Å². The van der Waals surface area contributed by atoms with Crippen LogP contribution in [0.25, 0.3) is 0 Å². The molecular formula is C23H25N3O2S. The van der Waals surface area contributed by atoms with Crippen molar-refractivity contribution in [1.82, 2.24) is 4.68 Å². The number of hydrogen-bond donors (Lipinski definition) is 2. The Morgan fingerprint density at radius 1 is 1.14 bits per heavy atom. The second-order valence-electron chi connectivity index (χ2n) is 7.07. The predicted molar refractivity (Wildman–Crippen MR) is 118 cm³/mol. The summed E-state index contributed by atoms with van der Waals surface area (Å²) in [5.74, 6) is 0.794. The van der Waals surface area contributed by atoms with Crippen molar-refractivity contribution in [3.8, 4) is 5.75 Å². The lowest BCUT2D eigenvalue weighted by molar-refractivity contribution is -0.116. The third-order valence-electron chi connectivity index (χ3n) is 5.25. The van der Waals surface area contributed by atoms with Crippen LogP contribution in [0.1, 0.15) is 29.8 Å². The fraction of sp³-hybridized carbons (Fsp3) is 0.261. The van der Waals surface area contributed by atoms with Crippen molar-refractivity contribution in [2.45, 2.75) is 36.6 Å². The summed E-state index contributed by atoms with van der Waals surface area (Å²) in [4.78, 5) is 13.4. The minimum Gasteiger partial charge on any atom is -0.497 e. The Balaban J connectivity index is 1.66. The summed E-state index contributed by atoms with van der Waals surface area (Å²) in [6, 6.07) is 19.8. The fourth-order valence-corrected chi connectivity index (χ4v) is 4.83. The van der Waals surface area contributed by atoms with Crippen LogP contribution in [0.3, 0.4) is 0 Å². The SMILES string of the molecule is CCc1ccccc1NC(=O)[C@H]1Sc2ccc(C)n2N[C@@H]1c1ccc(OC)cc1. The summed E-state index contributed by atoms with van der Waals surface area (Å²) in [5.41, 5.74) is 7.71. The molecular weight excluding hydrogens is 382 g/mol. The third kappa shape index (κ3) is 3.85. The zero-order valence-electron chi connectivity index (χ0n) is 16.8. The quantitative estimate of drug-likeness (QED) is 0.640. The van der Waals surface area contributed by atoms with E-state index in [-0.39, 0.29) is 17.2 Å². The highest BCUT2D eigenvalue weighted by Crippen LogP contribution is 2.39. The minimum atomic E-state index is -0.310. The molecule has 3 aromatic rings. The number of carbonyl (C=O) groups is 1. The van der Waals surface area contributed by atoms with Crippen molar-refractivity contribution >= 4 is 23.4 Å². The van der Waals surface area contributed by atoms with E-state index in [2.05, 4.69) is 47.5 Å². The van der Waals surface area contributed by atoms with Gasteiger partial charge in [0.25, 0.3) is 0 Å². The first kappa shape index (κ1) is 19.5. The van der Waals surface area contributed by atoms with E-state index in [1.807, 2.05) is 42.5 Å². The van der Waals surface area contributed by atoms with Gasteiger partial charge < -0.3 is 15.5 Å².